The van der Waals surface area contributed by atoms with Crippen LogP contribution in [-0.2, 0) is 6.54 Å². The number of nitrogens with two attached hydrogens (primary N) is 1. The first-order valence-corrected chi connectivity index (χ1v) is 7.13. The van der Waals surface area contributed by atoms with Gasteiger partial charge in [-0.05, 0) is 54.9 Å². The van der Waals surface area contributed by atoms with E-state index in [1.165, 1.54) is 19.3 Å². The third-order valence-corrected chi connectivity index (χ3v) is 3.31. The van der Waals surface area contributed by atoms with Crippen molar-refractivity contribution in [3.63, 3.8) is 0 Å². The van der Waals surface area contributed by atoms with Gasteiger partial charge in [0.15, 0.2) is 0 Å². The normalized spacial score (nSPS) is 10.8. The Balaban J connectivity index is 2.30. The molecule has 2 N–H and O–H groups in total. The number of anilines is 1. The molecule has 100 valence electrons. The van der Waals surface area contributed by atoms with Crippen LogP contribution in [0.5, 0.6) is 0 Å². The molecule has 1 rings (SSSR count). The van der Waals surface area contributed by atoms with Crippen LogP contribution in [0.4, 0.5) is 5.82 Å². The molecule has 18 heavy (non-hydrogen) atoms. The number of halogens is 1. The molecule has 0 atom stereocenters. The smallest absolute Gasteiger partial charge is 0.129 e. The first-order valence-electron chi connectivity index (χ1n) is 6.34. The minimum atomic E-state index is 0.614. The lowest BCUT2D eigenvalue weighted by Gasteiger charge is -2.17. The molecule has 0 aromatic carbocycles. The first kappa shape index (κ1) is 15.2. The maximum Gasteiger partial charge on any atom is 0.129 e. The summed E-state index contributed by atoms with van der Waals surface area (Å²) in [4.78, 5) is 6.49. The number of nitrogen functional groups attached to an aromatic ring is 1. The minimum Gasteiger partial charge on any atom is -0.383 e. The Morgan fingerprint density at radius 3 is 2.83 bits per heavy atom. The molecule has 0 unspecified atom stereocenters. The maximum atomic E-state index is 5.89. The Labute approximate surface area is 118 Å². The fraction of sp³-hybridized carbons (Fsp3) is 0.500. The van der Waals surface area contributed by atoms with Crippen molar-refractivity contribution in [3.05, 3.63) is 35.0 Å². The highest BCUT2D eigenvalue weighted by atomic mass is 79.9. The number of nitrogens with zero attached hydrogens (tertiary/aromatic N) is 2. The summed E-state index contributed by atoms with van der Waals surface area (Å²) in [5.41, 5.74) is 6.97. The molecule has 0 aliphatic rings. The SMILES string of the molecule is C=CCCCCCN(C)Cc1ccc(Br)nc1N. The molecule has 4 heteroatoms. The zero-order chi connectivity index (χ0) is 13.4. The van der Waals surface area contributed by atoms with Gasteiger partial charge in [0.25, 0.3) is 0 Å². The van der Waals surface area contributed by atoms with E-state index < -0.39 is 0 Å². The summed E-state index contributed by atoms with van der Waals surface area (Å²) in [6.45, 7) is 5.68. The second-order valence-corrected chi connectivity index (χ2v) is 5.37. The predicted molar refractivity (Wildman–Crippen MR) is 81.3 cm³/mol. The van der Waals surface area contributed by atoms with Gasteiger partial charge in [0.1, 0.15) is 10.4 Å². The third kappa shape index (κ3) is 5.65. The van der Waals surface area contributed by atoms with Gasteiger partial charge in [-0.2, -0.15) is 0 Å². The van der Waals surface area contributed by atoms with E-state index in [4.69, 9.17) is 5.73 Å². The summed E-state index contributed by atoms with van der Waals surface area (Å²) in [5, 5.41) is 0. The fourth-order valence-corrected chi connectivity index (χ4v) is 2.15. The molecule has 0 bridgehead atoms. The summed E-state index contributed by atoms with van der Waals surface area (Å²) >= 11 is 3.32. The molecular weight excluding hydrogens is 290 g/mol. The van der Waals surface area contributed by atoms with Gasteiger partial charge < -0.3 is 10.6 Å². The van der Waals surface area contributed by atoms with Crippen LogP contribution >= 0.6 is 15.9 Å². The van der Waals surface area contributed by atoms with Crippen molar-refractivity contribution < 1.29 is 0 Å². The Kier molecular flexibility index (Phi) is 6.98. The molecule has 0 aliphatic carbocycles. The monoisotopic (exact) mass is 311 g/mol. The Morgan fingerprint density at radius 1 is 1.39 bits per heavy atom. The van der Waals surface area contributed by atoms with Gasteiger partial charge in [-0.25, -0.2) is 4.98 Å². The maximum absolute atomic E-state index is 5.89. The van der Waals surface area contributed by atoms with E-state index in [2.05, 4.69) is 39.4 Å². The van der Waals surface area contributed by atoms with Gasteiger partial charge in [0.05, 0.1) is 0 Å². The summed E-state index contributed by atoms with van der Waals surface area (Å²) in [7, 11) is 2.12. The summed E-state index contributed by atoms with van der Waals surface area (Å²) in [5.74, 6) is 0.614. The average molecular weight is 312 g/mol. The fourth-order valence-electron chi connectivity index (χ4n) is 1.83. The lowest BCUT2D eigenvalue weighted by molar-refractivity contribution is 0.317. The molecule has 0 spiro atoms. The predicted octanol–water partition coefficient (Wildman–Crippen LogP) is 3.60. The second kappa shape index (κ2) is 8.27. The molecule has 0 amide bonds. The second-order valence-electron chi connectivity index (χ2n) is 4.55. The average Bonchev–Trinajstić information content (AvgIpc) is 2.32. The number of pyridine rings is 1. The van der Waals surface area contributed by atoms with E-state index in [1.807, 2.05) is 18.2 Å². The number of hydrogen-bond donors (Lipinski definition) is 1. The van der Waals surface area contributed by atoms with Crippen LogP contribution in [-0.4, -0.2) is 23.5 Å². The van der Waals surface area contributed by atoms with Gasteiger partial charge in [-0.3, -0.25) is 0 Å². The van der Waals surface area contributed by atoms with Crippen molar-refractivity contribution >= 4 is 21.7 Å². The standard InChI is InChI=1S/C14H22BrN3/c1-3-4-5-6-7-10-18(2)11-12-8-9-13(15)17-14(12)16/h3,8-9H,1,4-7,10-11H2,2H3,(H2,16,17). The zero-order valence-corrected chi connectivity index (χ0v) is 12.6. The Hall–Kier alpha value is -0.870. The van der Waals surface area contributed by atoms with Gasteiger partial charge in [-0.1, -0.05) is 18.6 Å². The Bertz CT molecular complexity index is 379. The number of unbranched alkanes of at least 4 members (excludes halogenated alkanes) is 3. The van der Waals surface area contributed by atoms with Crippen molar-refractivity contribution in [2.24, 2.45) is 0 Å². The highest BCUT2D eigenvalue weighted by Crippen LogP contribution is 2.15. The van der Waals surface area contributed by atoms with Crippen molar-refractivity contribution in [1.82, 2.24) is 9.88 Å². The largest absolute Gasteiger partial charge is 0.383 e. The van der Waals surface area contributed by atoms with E-state index in [1.54, 1.807) is 0 Å². The van der Waals surface area contributed by atoms with E-state index >= 15 is 0 Å². The molecule has 3 nitrogen and oxygen atoms in total. The van der Waals surface area contributed by atoms with E-state index in [0.717, 1.165) is 29.7 Å². The molecule has 0 fully saturated rings. The molecule has 1 aromatic rings. The zero-order valence-electron chi connectivity index (χ0n) is 11.0. The van der Waals surface area contributed by atoms with E-state index in [-0.39, 0.29) is 0 Å². The topological polar surface area (TPSA) is 42.2 Å². The van der Waals surface area contributed by atoms with E-state index in [0.29, 0.717) is 5.82 Å². The van der Waals surface area contributed by atoms with Crippen LogP contribution in [0.25, 0.3) is 0 Å². The van der Waals surface area contributed by atoms with Crippen molar-refractivity contribution in [2.75, 3.05) is 19.3 Å². The van der Waals surface area contributed by atoms with Crippen LogP contribution in [0.3, 0.4) is 0 Å². The third-order valence-electron chi connectivity index (χ3n) is 2.87. The molecule has 0 radical (unpaired) electrons. The summed E-state index contributed by atoms with van der Waals surface area (Å²) in [6.07, 6.45) is 6.81. The number of aromatic nitrogens is 1. The van der Waals surface area contributed by atoms with Crippen molar-refractivity contribution in [2.45, 2.75) is 32.2 Å². The highest BCUT2D eigenvalue weighted by molar-refractivity contribution is 9.10. The van der Waals surface area contributed by atoms with Gasteiger partial charge >= 0.3 is 0 Å². The first-order chi connectivity index (χ1) is 8.63. The minimum absolute atomic E-state index is 0.614. The van der Waals surface area contributed by atoms with Crippen LogP contribution < -0.4 is 5.73 Å². The number of rotatable bonds is 8. The Morgan fingerprint density at radius 2 is 2.17 bits per heavy atom. The lowest BCUT2D eigenvalue weighted by atomic mass is 10.2. The van der Waals surface area contributed by atoms with Crippen molar-refractivity contribution in [3.8, 4) is 0 Å². The van der Waals surface area contributed by atoms with Gasteiger partial charge in [-0.15, -0.1) is 6.58 Å². The molecular formula is C14H22BrN3. The molecule has 1 aromatic heterocycles. The molecule has 1 heterocycles. The number of hydrogen-bond acceptors (Lipinski definition) is 3. The van der Waals surface area contributed by atoms with Crippen LogP contribution in [0.15, 0.2) is 29.4 Å². The number of allylic oxidation sites excluding steroid dienone is 1. The van der Waals surface area contributed by atoms with Crippen molar-refractivity contribution in [1.29, 1.82) is 0 Å². The molecule has 0 saturated carbocycles. The van der Waals surface area contributed by atoms with Crippen LogP contribution in [0.1, 0.15) is 31.2 Å². The molecule has 0 aliphatic heterocycles. The lowest BCUT2D eigenvalue weighted by Crippen LogP contribution is -2.20. The van der Waals surface area contributed by atoms with Gasteiger partial charge in [0.2, 0.25) is 0 Å². The van der Waals surface area contributed by atoms with E-state index in [9.17, 15) is 0 Å². The van der Waals surface area contributed by atoms with Crippen LogP contribution in [0.2, 0.25) is 0 Å². The molecule has 0 saturated heterocycles. The van der Waals surface area contributed by atoms with Crippen LogP contribution in [0, 0.1) is 0 Å². The van der Waals surface area contributed by atoms with Gasteiger partial charge in [0, 0.05) is 12.1 Å². The quantitative estimate of drug-likeness (QED) is 0.453. The summed E-state index contributed by atoms with van der Waals surface area (Å²) < 4.78 is 0.788. The summed E-state index contributed by atoms with van der Waals surface area (Å²) in [6, 6.07) is 3.96. The highest BCUT2D eigenvalue weighted by Gasteiger charge is 2.05.